The van der Waals surface area contributed by atoms with Crippen molar-refractivity contribution in [1.82, 2.24) is 9.88 Å². The summed E-state index contributed by atoms with van der Waals surface area (Å²) in [4.78, 5) is 20.9. The number of hydrogen-bond donors (Lipinski definition) is 0. The third-order valence-corrected chi connectivity index (χ3v) is 5.08. The molecule has 0 spiro atoms. The van der Waals surface area contributed by atoms with E-state index in [1.165, 1.54) is 6.07 Å². The SMILES string of the molecule is Cc1ccc(CN(C)C(=O)C2CCN(c3ccc(C#N)cn3)CC2)cc1F. The fourth-order valence-electron chi connectivity index (χ4n) is 3.39. The number of amides is 1. The second kappa shape index (κ2) is 8.17. The maximum absolute atomic E-state index is 13.7. The maximum Gasteiger partial charge on any atom is 0.225 e. The van der Waals surface area contributed by atoms with Crippen LogP contribution in [0.5, 0.6) is 0 Å². The number of hydrogen-bond acceptors (Lipinski definition) is 4. The molecule has 0 bridgehead atoms. The van der Waals surface area contributed by atoms with Gasteiger partial charge in [0.05, 0.1) is 5.56 Å². The Hall–Kier alpha value is -2.94. The first-order valence-electron chi connectivity index (χ1n) is 9.09. The number of piperidine rings is 1. The summed E-state index contributed by atoms with van der Waals surface area (Å²) in [5.41, 5.74) is 1.95. The molecule has 2 heterocycles. The van der Waals surface area contributed by atoms with E-state index in [-0.39, 0.29) is 17.6 Å². The zero-order chi connectivity index (χ0) is 19.4. The van der Waals surface area contributed by atoms with Gasteiger partial charge in [-0.05, 0) is 49.1 Å². The first kappa shape index (κ1) is 18.8. The lowest BCUT2D eigenvalue weighted by Gasteiger charge is -2.34. The summed E-state index contributed by atoms with van der Waals surface area (Å²) in [5, 5.41) is 8.85. The average molecular weight is 366 g/mol. The van der Waals surface area contributed by atoms with Crippen molar-refractivity contribution in [2.75, 3.05) is 25.0 Å². The van der Waals surface area contributed by atoms with Crippen molar-refractivity contribution in [3.8, 4) is 6.07 Å². The number of pyridine rings is 1. The van der Waals surface area contributed by atoms with Crippen LogP contribution in [0.4, 0.5) is 10.2 Å². The van der Waals surface area contributed by atoms with E-state index in [0.29, 0.717) is 17.7 Å². The smallest absolute Gasteiger partial charge is 0.225 e. The van der Waals surface area contributed by atoms with Gasteiger partial charge in [0.25, 0.3) is 0 Å². The summed E-state index contributed by atoms with van der Waals surface area (Å²) >= 11 is 0. The number of carbonyl (C=O) groups is 1. The van der Waals surface area contributed by atoms with Crippen LogP contribution in [0.2, 0.25) is 0 Å². The molecule has 0 aliphatic carbocycles. The molecule has 1 aromatic heterocycles. The number of rotatable bonds is 4. The molecule has 1 fully saturated rings. The second-order valence-corrected chi connectivity index (χ2v) is 7.06. The predicted octanol–water partition coefficient (Wildman–Crippen LogP) is 3.28. The maximum atomic E-state index is 13.7. The minimum Gasteiger partial charge on any atom is -0.357 e. The van der Waals surface area contributed by atoms with Gasteiger partial charge in [-0.1, -0.05) is 12.1 Å². The number of nitriles is 1. The second-order valence-electron chi connectivity index (χ2n) is 7.06. The van der Waals surface area contributed by atoms with Gasteiger partial charge >= 0.3 is 0 Å². The molecular weight excluding hydrogens is 343 g/mol. The highest BCUT2D eigenvalue weighted by Gasteiger charge is 2.27. The number of halogens is 1. The standard InChI is InChI=1S/C21H23FN4O/c1-15-3-4-16(11-19(15)22)14-25(2)21(27)18-7-9-26(10-8-18)20-6-5-17(12-23)13-24-20/h3-6,11,13,18H,7-10,14H2,1-2H3. The van der Waals surface area contributed by atoms with Gasteiger partial charge in [0.15, 0.2) is 0 Å². The summed E-state index contributed by atoms with van der Waals surface area (Å²) in [7, 11) is 1.77. The van der Waals surface area contributed by atoms with Crippen LogP contribution in [0.1, 0.15) is 29.5 Å². The Morgan fingerprint density at radius 3 is 2.67 bits per heavy atom. The fourth-order valence-corrected chi connectivity index (χ4v) is 3.39. The zero-order valence-corrected chi connectivity index (χ0v) is 15.7. The summed E-state index contributed by atoms with van der Waals surface area (Å²) in [5.74, 6) is 0.670. The summed E-state index contributed by atoms with van der Waals surface area (Å²) in [6, 6.07) is 10.8. The van der Waals surface area contributed by atoms with Crippen LogP contribution >= 0.6 is 0 Å². The Kier molecular flexibility index (Phi) is 5.70. The molecule has 1 aliphatic heterocycles. The van der Waals surface area contributed by atoms with Crippen LogP contribution < -0.4 is 4.90 Å². The van der Waals surface area contributed by atoms with Crippen LogP contribution in [0, 0.1) is 30.0 Å². The first-order chi connectivity index (χ1) is 13.0. The summed E-state index contributed by atoms with van der Waals surface area (Å²) in [6.07, 6.45) is 3.08. The number of aryl methyl sites for hydroxylation is 1. The molecule has 0 radical (unpaired) electrons. The molecule has 6 heteroatoms. The van der Waals surface area contributed by atoms with E-state index >= 15 is 0 Å². The molecule has 1 aliphatic rings. The van der Waals surface area contributed by atoms with Gasteiger partial charge in [0.1, 0.15) is 17.7 Å². The fraction of sp³-hybridized carbons (Fsp3) is 0.381. The van der Waals surface area contributed by atoms with Crippen LogP contribution in [0.15, 0.2) is 36.5 Å². The number of benzene rings is 1. The zero-order valence-electron chi connectivity index (χ0n) is 15.7. The van der Waals surface area contributed by atoms with Crippen LogP contribution in [-0.2, 0) is 11.3 Å². The van der Waals surface area contributed by atoms with E-state index in [0.717, 1.165) is 37.3 Å². The van der Waals surface area contributed by atoms with Gasteiger partial charge in [-0.15, -0.1) is 0 Å². The molecule has 5 nitrogen and oxygen atoms in total. The molecule has 27 heavy (non-hydrogen) atoms. The van der Waals surface area contributed by atoms with E-state index < -0.39 is 0 Å². The minimum atomic E-state index is -0.239. The molecule has 0 N–H and O–H groups in total. The summed E-state index contributed by atoms with van der Waals surface area (Å²) in [6.45, 7) is 3.64. The lowest BCUT2D eigenvalue weighted by atomic mass is 9.95. The number of anilines is 1. The Morgan fingerprint density at radius 1 is 1.33 bits per heavy atom. The first-order valence-corrected chi connectivity index (χ1v) is 9.09. The van der Waals surface area contributed by atoms with Crippen LogP contribution in [0.25, 0.3) is 0 Å². The number of aromatic nitrogens is 1. The quantitative estimate of drug-likeness (QED) is 0.833. The van der Waals surface area contributed by atoms with Gasteiger partial charge < -0.3 is 9.80 Å². The molecule has 1 aromatic carbocycles. The Balaban J connectivity index is 1.55. The van der Waals surface area contributed by atoms with Crippen molar-refractivity contribution < 1.29 is 9.18 Å². The highest BCUT2D eigenvalue weighted by molar-refractivity contribution is 5.79. The van der Waals surface area contributed by atoms with Crippen LogP contribution in [-0.4, -0.2) is 35.9 Å². The van der Waals surface area contributed by atoms with Crippen molar-refractivity contribution in [2.24, 2.45) is 5.92 Å². The number of nitrogens with zero attached hydrogens (tertiary/aromatic N) is 4. The normalized spacial score (nSPS) is 14.7. The topological polar surface area (TPSA) is 60.2 Å². The molecule has 3 rings (SSSR count). The average Bonchev–Trinajstić information content (AvgIpc) is 2.70. The van der Waals surface area contributed by atoms with Crippen molar-refractivity contribution in [1.29, 1.82) is 5.26 Å². The lowest BCUT2D eigenvalue weighted by Crippen LogP contribution is -2.41. The Bertz CT molecular complexity index is 851. The van der Waals surface area contributed by atoms with Gasteiger partial charge in [0.2, 0.25) is 5.91 Å². The van der Waals surface area contributed by atoms with Gasteiger partial charge in [-0.25, -0.2) is 9.37 Å². The van der Waals surface area contributed by atoms with E-state index in [4.69, 9.17) is 5.26 Å². The largest absolute Gasteiger partial charge is 0.357 e. The lowest BCUT2D eigenvalue weighted by molar-refractivity contribution is -0.135. The molecule has 1 saturated heterocycles. The van der Waals surface area contributed by atoms with Crippen molar-refractivity contribution in [2.45, 2.75) is 26.3 Å². The van der Waals surface area contributed by atoms with Crippen molar-refractivity contribution >= 4 is 11.7 Å². The van der Waals surface area contributed by atoms with Gasteiger partial charge in [0, 0.05) is 38.8 Å². The molecule has 140 valence electrons. The third kappa shape index (κ3) is 4.43. The Morgan fingerprint density at radius 2 is 2.07 bits per heavy atom. The van der Waals surface area contributed by atoms with Crippen molar-refractivity contribution in [3.05, 3.63) is 59.0 Å². The predicted molar refractivity (Wildman–Crippen MR) is 102 cm³/mol. The van der Waals surface area contributed by atoms with E-state index in [2.05, 4.69) is 16.0 Å². The third-order valence-electron chi connectivity index (χ3n) is 5.08. The van der Waals surface area contributed by atoms with E-state index in [9.17, 15) is 9.18 Å². The molecular formula is C21H23FN4O. The Labute approximate surface area is 159 Å². The molecule has 0 unspecified atom stereocenters. The highest BCUT2D eigenvalue weighted by Crippen LogP contribution is 2.24. The van der Waals surface area contributed by atoms with Gasteiger partial charge in [-0.2, -0.15) is 5.26 Å². The minimum absolute atomic E-state index is 0.0278. The summed E-state index contributed by atoms with van der Waals surface area (Å²) < 4.78 is 13.7. The van der Waals surface area contributed by atoms with Crippen molar-refractivity contribution in [3.63, 3.8) is 0 Å². The monoisotopic (exact) mass is 366 g/mol. The molecule has 1 amide bonds. The number of carbonyl (C=O) groups excluding carboxylic acids is 1. The molecule has 2 aromatic rings. The van der Waals surface area contributed by atoms with E-state index in [1.54, 1.807) is 37.2 Å². The van der Waals surface area contributed by atoms with E-state index in [1.807, 2.05) is 12.1 Å². The highest BCUT2D eigenvalue weighted by atomic mass is 19.1. The van der Waals surface area contributed by atoms with Gasteiger partial charge in [-0.3, -0.25) is 4.79 Å². The van der Waals surface area contributed by atoms with Crippen LogP contribution in [0.3, 0.4) is 0 Å². The molecule has 0 atom stereocenters. The molecule has 0 saturated carbocycles.